The molecule has 0 saturated carbocycles. The van der Waals surface area contributed by atoms with E-state index in [4.69, 9.17) is 5.73 Å². The van der Waals surface area contributed by atoms with Gasteiger partial charge in [0, 0.05) is 39.4 Å². The lowest BCUT2D eigenvalue weighted by Crippen LogP contribution is -2.26. The maximum Gasteiger partial charge on any atom is 0.242 e. The smallest absolute Gasteiger partial charge is 0.242 e. The van der Waals surface area contributed by atoms with Crippen molar-refractivity contribution < 1.29 is 8.42 Å². The lowest BCUT2D eigenvalue weighted by atomic mass is 10.2. The number of rotatable bonds is 6. The van der Waals surface area contributed by atoms with E-state index >= 15 is 0 Å². The van der Waals surface area contributed by atoms with Crippen molar-refractivity contribution in [1.82, 2.24) is 4.31 Å². The molecule has 1 aromatic carbocycles. The van der Waals surface area contributed by atoms with Crippen molar-refractivity contribution in [3.63, 3.8) is 0 Å². The zero-order chi connectivity index (χ0) is 14.6. The Balaban J connectivity index is 2.82. The molecular formula is C13H23N3O2S. The molecule has 0 spiro atoms. The number of hydrogen-bond donors (Lipinski definition) is 1. The minimum absolute atomic E-state index is 0.163. The van der Waals surface area contributed by atoms with Crippen LogP contribution in [0.2, 0.25) is 0 Å². The summed E-state index contributed by atoms with van der Waals surface area (Å²) < 4.78 is 25.1. The summed E-state index contributed by atoms with van der Waals surface area (Å²) in [5, 5.41) is 0. The molecule has 2 N–H and O–H groups in total. The van der Waals surface area contributed by atoms with Gasteiger partial charge in [-0.3, -0.25) is 0 Å². The van der Waals surface area contributed by atoms with E-state index in [1.165, 1.54) is 18.4 Å². The average Bonchev–Trinajstić information content (AvgIpc) is 2.35. The first-order valence-electron chi connectivity index (χ1n) is 6.24. The molecule has 0 aliphatic heterocycles. The predicted octanol–water partition coefficient (Wildman–Crippen LogP) is 1.11. The van der Waals surface area contributed by atoms with Gasteiger partial charge in [-0.25, -0.2) is 12.7 Å². The Morgan fingerprint density at radius 1 is 1.16 bits per heavy atom. The van der Waals surface area contributed by atoms with Crippen LogP contribution >= 0.6 is 0 Å². The Bertz CT molecular complexity index is 495. The van der Waals surface area contributed by atoms with E-state index in [1.54, 1.807) is 12.1 Å². The summed E-state index contributed by atoms with van der Waals surface area (Å²) in [4.78, 5) is 2.37. The normalized spacial score (nSPS) is 13.6. The number of anilines is 1. The van der Waals surface area contributed by atoms with Crippen LogP contribution in [-0.2, 0) is 10.0 Å². The van der Waals surface area contributed by atoms with E-state index in [0.29, 0.717) is 4.90 Å². The predicted molar refractivity (Wildman–Crippen MR) is 78.9 cm³/mol. The third-order valence-electron chi connectivity index (χ3n) is 2.98. The minimum atomic E-state index is -3.35. The molecule has 0 aliphatic carbocycles. The van der Waals surface area contributed by atoms with Crippen molar-refractivity contribution in [2.75, 3.05) is 32.6 Å². The lowest BCUT2D eigenvalue weighted by Gasteiger charge is -2.21. The highest BCUT2D eigenvalue weighted by molar-refractivity contribution is 7.89. The molecule has 1 aromatic rings. The number of sulfonamides is 1. The molecule has 6 heteroatoms. The SMILES string of the molecule is CC(N)CCN(C)c1ccc(S(=O)(=O)N(C)C)cc1. The average molecular weight is 285 g/mol. The summed E-state index contributed by atoms with van der Waals surface area (Å²) in [5.41, 5.74) is 6.71. The molecule has 0 fully saturated rings. The van der Waals surface area contributed by atoms with Crippen LogP contribution in [0.3, 0.4) is 0 Å². The van der Waals surface area contributed by atoms with Crippen molar-refractivity contribution in [1.29, 1.82) is 0 Å². The van der Waals surface area contributed by atoms with Crippen molar-refractivity contribution in [3.8, 4) is 0 Å². The van der Waals surface area contributed by atoms with Gasteiger partial charge in [-0.15, -0.1) is 0 Å². The van der Waals surface area contributed by atoms with Crippen molar-refractivity contribution >= 4 is 15.7 Å². The van der Waals surface area contributed by atoms with Crippen molar-refractivity contribution in [2.45, 2.75) is 24.3 Å². The zero-order valence-electron chi connectivity index (χ0n) is 12.0. The molecule has 1 unspecified atom stereocenters. The standard InChI is InChI=1S/C13H23N3O2S/c1-11(14)9-10-16(4)12-5-7-13(8-6-12)19(17,18)15(2)3/h5-8,11H,9-10,14H2,1-4H3. The summed E-state index contributed by atoms with van der Waals surface area (Å²) in [5.74, 6) is 0. The van der Waals surface area contributed by atoms with Gasteiger partial charge in [0.05, 0.1) is 4.90 Å². The fourth-order valence-corrected chi connectivity index (χ4v) is 2.51. The summed E-state index contributed by atoms with van der Waals surface area (Å²) in [6, 6.07) is 7.06. The third-order valence-corrected chi connectivity index (χ3v) is 4.81. The molecule has 0 heterocycles. The highest BCUT2D eigenvalue weighted by Gasteiger charge is 2.16. The van der Waals surface area contributed by atoms with Crippen molar-refractivity contribution in [2.24, 2.45) is 5.73 Å². The van der Waals surface area contributed by atoms with E-state index < -0.39 is 10.0 Å². The van der Waals surface area contributed by atoms with Gasteiger partial charge in [0.1, 0.15) is 0 Å². The second kappa shape index (κ2) is 6.36. The minimum Gasteiger partial charge on any atom is -0.375 e. The number of nitrogens with two attached hydrogens (primary N) is 1. The second-order valence-corrected chi connectivity index (χ2v) is 7.12. The first-order chi connectivity index (χ1) is 8.75. The molecule has 108 valence electrons. The lowest BCUT2D eigenvalue weighted by molar-refractivity contribution is 0.521. The molecular weight excluding hydrogens is 262 g/mol. The Kier molecular flexibility index (Phi) is 5.34. The number of benzene rings is 1. The first kappa shape index (κ1) is 15.9. The molecule has 1 rings (SSSR count). The largest absolute Gasteiger partial charge is 0.375 e. The van der Waals surface area contributed by atoms with Crippen LogP contribution in [0, 0.1) is 0 Å². The Labute approximate surface area is 116 Å². The zero-order valence-corrected chi connectivity index (χ0v) is 12.8. The summed E-state index contributed by atoms with van der Waals surface area (Å²) >= 11 is 0. The Hall–Kier alpha value is -1.11. The quantitative estimate of drug-likeness (QED) is 0.850. The van der Waals surface area contributed by atoms with E-state index in [9.17, 15) is 8.42 Å². The van der Waals surface area contributed by atoms with Crippen LogP contribution in [0.1, 0.15) is 13.3 Å². The van der Waals surface area contributed by atoms with Gasteiger partial charge in [-0.2, -0.15) is 0 Å². The molecule has 1 atom stereocenters. The van der Waals surface area contributed by atoms with Gasteiger partial charge in [0.15, 0.2) is 0 Å². The molecule has 19 heavy (non-hydrogen) atoms. The summed E-state index contributed by atoms with van der Waals surface area (Å²) in [6.07, 6.45) is 0.897. The number of hydrogen-bond acceptors (Lipinski definition) is 4. The molecule has 0 aromatic heterocycles. The molecule has 0 bridgehead atoms. The molecule has 0 amide bonds. The van der Waals surface area contributed by atoms with E-state index in [-0.39, 0.29) is 6.04 Å². The van der Waals surface area contributed by atoms with Crippen LogP contribution < -0.4 is 10.6 Å². The molecule has 0 saturated heterocycles. The van der Waals surface area contributed by atoms with Gasteiger partial charge < -0.3 is 10.6 Å². The van der Waals surface area contributed by atoms with E-state index in [1.807, 2.05) is 26.1 Å². The second-order valence-electron chi connectivity index (χ2n) is 4.97. The maximum atomic E-state index is 11.9. The van der Waals surface area contributed by atoms with Crippen LogP contribution in [0.5, 0.6) is 0 Å². The highest BCUT2D eigenvalue weighted by atomic mass is 32.2. The van der Waals surface area contributed by atoms with Gasteiger partial charge in [-0.1, -0.05) is 0 Å². The van der Waals surface area contributed by atoms with Crippen LogP contribution in [0.15, 0.2) is 29.2 Å². The number of nitrogens with zero attached hydrogens (tertiary/aromatic N) is 2. The third kappa shape index (κ3) is 4.19. The van der Waals surface area contributed by atoms with Gasteiger partial charge in [0.2, 0.25) is 10.0 Å². The molecule has 0 radical (unpaired) electrons. The van der Waals surface area contributed by atoms with E-state index in [0.717, 1.165) is 18.7 Å². The van der Waals surface area contributed by atoms with Gasteiger partial charge >= 0.3 is 0 Å². The Morgan fingerprint density at radius 3 is 2.11 bits per heavy atom. The van der Waals surface area contributed by atoms with E-state index in [2.05, 4.69) is 4.90 Å². The summed E-state index contributed by atoms with van der Waals surface area (Å²) in [7, 11) is 1.67. The maximum absolute atomic E-state index is 11.9. The van der Waals surface area contributed by atoms with Crippen LogP contribution in [0.4, 0.5) is 5.69 Å². The highest BCUT2D eigenvalue weighted by Crippen LogP contribution is 2.19. The monoisotopic (exact) mass is 285 g/mol. The van der Waals surface area contributed by atoms with Crippen LogP contribution in [-0.4, -0.2) is 46.5 Å². The van der Waals surface area contributed by atoms with Crippen LogP contribution in [0.25, 0.3) is 0 Å². The molecule has 5 nitrogen and oxygen atoms in total. The molecule has 0 aliphatic rings. The van der Waals surface area contributed by atoms with Crippen molar-refractivity contribution in [3.05, 3.63) is 24.3 Å². The Morgan fingerprint density at radius 2 is 1.68 bits per heavy atom. The van der Waals surface area contributed by atoms with Gasteiger partial charge in [-0.05, 0) is 37.6 Å². The summed E-state index contributed by atoms with van der Waals surface area (Å²) in [6.45, 7) is 2.82. The fourth-order valence-electron chi connectivity index (χ4n) is 1.61. The fraction of sp³-hybridized carbons (Fsp3) is 0.538. The van der Waals surface area contributed by atoms with Gasteiger partial charge in [0.25, 0.3) is 0 Å². The topological polar surface area (TPSA) is 66.6 Å². The first-order valence-corrected chi connectivity index (χ1v) is 7.68.